The van der Waals surface area contributed by atoms with Crippen LogP contribution in [0.4, 0.5) is 0 Å². The second-order valence-electron chi connectivity index (χ2n) is 9.54. The number of nitrogens with one attached hydrogen (secondary N) is 1. The number of piperidine rings is 1. The molecule has 0 aliphatic carbocycles. The molecule has 6 heteroatoms. The van der Waals surface area contributed by atoms with Crippen LogP contribution in [0.5, 0.6) is 5.75 Å². The van der Waals surface area contributed by atoms with E-state index in [2.05, 4.69) is 11.8 Å². The first-order valence-corrected chi connectivity index (χ1v) is 12.7. The van der Waals surface area contributed by atoms with Crippen LogP contribution in [0.1, 0.15) is 74.8 Å². The van der Waals surface area contributed by atoms with Crippen LogP contribution in [-0.4, -0.2) is 43.6 Å². The van der Waals surface area contributed by atoms with Crippen molar-refractivity contribution >= 4 is 5.84 Å². The molecule has 0 aromatic heterocycles. The molecule has 6 nitrogen and oxygen atoms in total. The average molecular weight is 467 g/mol. The number of hydrogen-bond acceptors (Lipinski definition) is 5. The van der Waals surface area contributed by atoms with Crippen LogP contribution in [0, 0.1) is 11.3 Å². The highest BCUT2D eigenvalue weighted by Crippen LogP contribution is 2.23. The van der Waals surface area contributed by atoms with Gasteiger partial charge in [-0.1, -0.05) is 36.4 Å². The number of likely N-dealkylation sites (tertiary alicyclic amines) is 1. The van der Waals surface area contributed by atoms with Gasteiger partial charge in [0, 0.05) is 24.8 Å². The van der Waals surface area contributed by atoms with Crippen molar-refractivity contribution in [1.29, 1.82) is 5.41 Å². The van der Waals surface area contributed by atoms with Gasteiger partial charge in [0.05, 0.1) is 12.7 Å². The predicted octanol–water partition coefficient (Wildman–Crippen LogP) is 5.03. The zero-order valence-corrected chi connectivity index (χ0v) is 20.8. The summed E-state index contributed by atoms with van der Waals surface area (Å²) >= 11 is 0. The second kappa shape index (κ2) is 13.5. The molecule has 0 radical (unpaired) electrons. The molecule has 2 atom stereocenters. The minimum absolute atomic E-state index is 0.0520. The van der Waals surface area contributed by atoms with Crippen molar-refractivity contribution in [3.8, 4) is 5.75 Å². The van der Waals surface area contributed by atoms with Crippen molar-refractivity contribution in [3.63, 3.8) is 0 Å². The lowest BCUT2D eigenvalue weighted by atomic mass is 9.92. The molecule has 2 aromatic carbocycles. The Morgan fingerprint density at radius 2 is 1.62 bits per heavy atom. The van der Waals surface area contributed by atoms with Gasteiger partial charge >= 0.3 is 0 Å². The van der Waals surface area contributed by atoms with E-state index in [1.807, 2.05) is 55.5 Å². The third kappa shape index (κ3) is 8.42. The lowest BCUT2D eigenvalue weighted by molar-refractivity contribution is 0.0552. The zero-order chi connectivity index (χ0) is 24.3. The number of ether oxygens (including phenoxy) is 2. The van der Waals surface area contributed by atoms with Gasteiger partial charge in [-0.3, -0.25) is 5.41 Å². The smallest absolute Gasteiger partial charge is 0.122 e. The maximum Gasteiger partial charge on any atom is 0.122 e. The van der Waals surface area contributed by atoms with E-state index in [0.717, 1.165) is 61.0 Å². The highest BCUT2D eigenvalue weighted by Gasteiger charge is 2.18. The number of nitrogen functional groups attached to an aromatic ring is 1. The topological polar surface area (TPSA) is 97.6 Å². The van der Waals surface area contributed by atoms with E-state index in [1.54, 1.807) is 0 Å². The number of nitrogens with zero attached hydrogens (tertiary/aromatic N) is 1. The first kappa shape index (κ1) is 26.2. The minimum atomic E-state index is 0.0520. The molecule has 5 N–H and O–H groups in total. The molecule has 0 spiro atoms. The van der Waals surface area contributed by atoms with Crippen LogP contribution >= 0.6 is 0 Å². The summed E-state index contributed by atoms with van der Waals surface area (Å²) in [5.74, 6) is 1.85. The van der Waals surface area contributed by atoms with Crippen molar-refractivity contribution < 1.29 is 9.47 Å². The number of benzene rings is 2. The summed E-state index contributed by atoms with van der Waals surface area (Å²) in [4.78, 5) is 2.57. The standard InChI is InChI=1S/C28H42N4O2/c1-21(29)24-10-12-27(13-11-24)34-19-3-5-23-14-17-32(18-15-23)16-4-20-33-22(2)25-6-8-26(9-7-25)28(30)31/h6-13,21-23H,3-5,14-20,29H2,1-2H3,(H3,30,31)/t21?,22-/m0/s1. The van der Waals surface area contributed by atoms with Gasteiger partial charge in [0.25, 0.3) is 0 Å². The van der Waals surface area contributed by atoms with Crippen molar-refractivity contribution in [2.45, 2.75) is 58.1 Å². The molecule has 186 valence electrons. The van der Waals surface area contributed by atoms with E-state index in [0.29, 0.717) is 0 Å². The maximum atomic E-state index is 7.48. The molecular formula is C28H42N4O2. The fraction of sp³-hybridized carbons (Fsp3) is 0.536. The van der Waals surface area contributed by atoms with Gasteiger partial charge in [-0.15, -0.1) is 0 Å². The molecule has 1 saturated heterocycles. The molecule has 0 bridgehead atoms. The maximum absolute atomic E-state index is 7.48. The summed E-state index contributed by atoms with van der Waals surface area (Å²) in [5.41, 5.74) is 14.4. The Balaban J connectivity index is 1.23. The van der Waals surface area contributed by atoms with Gasteiger partial charge in [0.2, 0.25) is 0 Å². The molecule has 1 aliphatic heterocycles. The third-order valence-corrected chi connectivity index (χ3v) is 6.82. The van der Waals surface area contributed by atoms with Crippen LogP contribution in [0.3, 0.4) is 0 Å². The molecule has 0 saturated carbocycles. The lowest BCUT2D eigenvalue weighted by Gasteiger charge is -2.32. The summed E-state index contributed by atoms with van der Waals surface area (Å²) in [6, 6.07) is 16.0. The average Bonchev–Trinajstić information content (AvgIpc) is 2.85. The van der Waals surface area contributed by atoms with Crippen molar-refractivity contribution in [1.82, 2.24) is 4.90 Å². The molecule has 3 rings (SSSR count). The largest absolute Gasteiger partial charge is 0.494 e. The molecule has 1 aliphatic rings. The quantitative estimate of drug-likeness (QED) is 0.218. The van der Waals surface area contributed by atoms with Gasteiger partial charge in [-0.2, -0.15) is 0 Å². The van der Waals surface area contributed by atoms with Crippen molar-refractivity contribution in [3.05, 3.63) is 65.2 Å². The SMILES string of the molecule is CC(N)c1ccc(OCCCC2CCN(CCCO[C@@H](C)c3ccc(C(=N)N)cc3)CC2)cc1. The summed E-state index contributed by atoms with van der Waals surface area (Å²) in [7, 11) is 0. The number of nitrogens with two attached hydrogens (primary N) is 2. The summed E-state index contributed by atoms with van der Waals surface area (Å²) < 4.78 is 11.9. The van der Waals surface area contributed by atoms with E-state index >= 15 is 0 Å². The van der Waals surface area contributed by atoms with E-state index < -0.39 is 0 Å². The van der Waals surface area contributed by atoms with Crippen LogP contribution < -0.4 is 16.2 Å². The Hall–Kier alpha value is -2.41. The molecule has 34 heavy (non-hydrogen) atoms. The van der Waals surface area contributed by atoms with E-state index in [4.69, 9.17) is 26.4 Å². The van der Waals surface area contributed by atoms with E-state index in [-0.39, 0.29) is 18.0 Å². The molecular weight excluding hydrogens is 424 g/mol. The van der Waals surface area contributed by atoms with Gasteiger partial charge in [-0.25, -0.2) is 0 Å². The van der Waals surface area contributed by atoms with Gasteiger partial charge in [-0.05, 0) is 88.2 Å². The van der Waals surface area contributed by atoms with E-state index in [1.165, 1.54) is 32.4 Å². The number of amidine groups is 1. The predicted molar refractivity (Wildman–Crippen MR) is 139 cm³/mol. The zero-order valence-electron chi connectivity index (χ0n) is 20.8. The summed E-state index contributed by atoms with van der Waals surface area (Å²) in [6.45, 7) is 9.09. The Morgan fingerprint density at radius 3 is 2.24 bits per heavy atom. The van der Waals surface area contributed by atoms with Crippen LogP contribution in [0.25, 0.3) is 0 Å². The lowest BCUT2D eigenvalue weighted by Crippen LogP contribution is -2.34. The minimum Gasteiger partial charge on any atom is -0.494 e. The highest BCUT2D eigenvalue weighted by molar-refractivity contribution is 5.94. The first-order chi connectivity index (χ1) is 16.4. The van der Waals surface area contributed by atoms with Crippen molar-refractivity contribution in [2.24, 2.45) is 17.4 Å². The van der Waals surface area contributed by atoms with Gasteiger partial charge < -0.3 is 25.8 Å². The fourth-order valence-electron chi connectivity index (χ4n) is 4.51. The molecule has 2 aromatic rings. The Morgan fingerprint density at radius 1 is 0.971 bits per heavy atom. The Kier molecular flexibility index (Phi) is 10.4. The van der Waals surface area contributed by atoms with Gasteiger partial charge in [0.15, 0.2) is 0 Å². The molecule has 1 heterocycles. The first-order valence-electron chi connectivity index (χ1n) is 12.7. The number of hydrogen-bond donors (Lipinski definition) is 3. The van der Waals surface area contributed by atoms with Crippen LogP contribution in [0.15, 0.2) is 48.5 Å². The normalized spacial score (nSPS) is 16.8. The fourth-order valence-corrected chi connectivity index (χ4v) is 4.51. The van der Waals surface area contributed by atoms with Crippen LogP contribution in [0.2, 0.25) is 0 Å². The molecule has 0 amide bonds. The third-order valence-electron chi connectivity index (χ3n) is 6.82. The van der Waals surface area contributed by atoms with Gasteiger partial charge in [0.1, 0.15) is 11.6 Å². The highest BCUT2D eigenvalue weighted by atomic mass is 16.5. The van der Waals surface area contributed by atoms with Crippen LogP contribution in [-0.2, 0) is 4.74 Å². The Labute approximate surface area is 205 Å². The number of rotatable bonds is 13. The molecule has 1 fully saturated rings. The molecule has 1 unspecified atom stereocenters. The Bertz CT molecular complexity index is 859. The van der Waals surface area contributed by atoms with E-state index in [9.17, 15) is 0 Å². The summed E-state index contributed by atoms with van der Waals surface area (Å²) in [5, 5.41) is 7.48. The van der Waals surface area contributed by atoms with Crippen molar-refractivity contribution in [2.75, 3.05) is 32.8 Å². The monoisotopic (exact) mass is 466 g/mol. The second-order valence-corrected chi connectivity index (χ2v) is 9.54. The summed E-state index contributed by atoms with van der Waals surface area (Å²) in [6.07, 6.45) is 6.02.